The fourth-order valence-corrected chi connectivity index (χ4v) is 1.87. The Morgan fingerprint density at radius 3 is 2.35 bits per heavy atom. The molecule has 2 aromatic carbocycles. The predicted octanol–water partition coefficient (Wildman–Crippen LogP) is 2.56. The number of hydrogen-bond acceptors (Lipinski definition) is 3. The average molecular weight is 232 g/mol. The molecule has 0 unspecified atom stereocenters. The minimum atomic E-state index is -0.984. The van der Waals surface area contributed by atoms with Gasteiger partial charge in [0, 0.05) is 10.8 Å². The van der Waals surface area contributed by atoms with E-state index in [-0.39, 0.29) is 5.56 Å². The Hall–Kier alpha value is -2.23. The maximum atomic E-state index is 11.2. The molecular weight excluding hydrogens is 220 g/mol. The van der Waals surface area contributed by atoms with E-state index < -0.39 is 5.97 Å². The van der Waals surface area contributed by atoms with Gasteiger partial charge in [0.25, 0.3) is 0 Å². The molecule has 0 radical (unpaired) electrons. The number of hydrogen-bond donors (Lipinski definition) is 1. The van der Waals surface area contributed by atoms with Crippen molar-refractivity contribution in [3.63, 3.8) is 0 Å². The van der Waals surface area contributed by atoms with Crippen molar-refractivity contribution in [3.8, 4) is 11.5 Å². The second-order valence-electron chi connectivity index (χ2n) is 3.50. The Bertz CT molecular complexity index is 575. The predicted molar refractivity (Wildman–Crippen MR) is 64.0 cm³/mol. The molecule has 0 spiro atoms. The van der Waals surface area contributed by atoms with E-state index in [0.29, 0.717) is 16.9 Å². The number of carbonyl (C=O) groups is 1. The Balaban J connectivity index is 2.90. The van der Waals surface area contributed by atoms with E-state index in [0.717, 1.165) is 5.39 Å². The van der Waals surface area contributed by atoms with Gasteiger partial charge >= 0.3 is 5.97 Å². The SMILES string of the molecule is COc1ccc(C(=O)O)c2c(OC)cccc12. The van der Waals surface area contributed by atoms with E-state index in [9.17, 15) is 9.90 Å². The Labute approximate surface area is 98.4 Å². The van der Waals surface area contributed by atoms with Gasteiger partial charge in [0.1, 0.15) is 11.5 Å². The summed E-state index contributed by atoms with van der Waals surface area (Å²) in [5.74, 6) is 0.171. The van der Waals surface area contributed by atoms with Gasteiger partial charge in [0.05, 0.1) is 19.8 Å². The van der Waals surface area contributed by atoms with Gasteiger partial charge in [0.2, 0.25) is 0 Å². The van der Waals surface area contributed by atoms with Crippen molar-refractivity contribution in [2.24, 2.45) is 0 Å². The van der Waals surface area contributed by atoms with Gasteiger partial charge in [-0.25, -0.2) is 4.79 Å². The van der Waals surface area contributed by atoms with Crippen LogP contribution in [0.3, 0.4) is 0 Å². The Morgan fingerprint density at radius 1 is 1.06 bits per heavy atom. The number of aromatic carboxylic acids is 1. The van der Waals surface area contributed by atoms with Crippen LogP contribution in [0.5, 0.6) is 11.5 Å². The van der Waals surface area contributed by atoms with E-state index in [2.05, 4.69) is 0 Å². The van der Waals surface area contributed by atoms with Gasteiger partial charge in [-0.15, -0.1) is 0 Å². The first-order valence-electron chi connectivity index (χ1n) is 5.06. The summed E-state index contributed by atoms with van der Waals surface area (Å²) >= 11 is 0. The summed E-state index contributed by atoms with van der Waals surface area (Å²) in [4.78, 5) is 11.2. The van der Waals surface area contributed by atoms with Crippen LogP contribution in [-0.4, -0.2) is 25.3 Å². The quantitative estimate of drug-likeness (QED) is 0.883. The molecule has 0 bridgehead atoms. The molecule has 2 rings (SSSR count). The summed E-state index contributed by atoms with van der Waals surface area (Å²) < 4.78 is 10.4. The van der Waals surface area contributed by atoms with E-state index in [1.54, 1.807) is 25.3 Å². The van der Waals surface area contributed by atoms with E-state index in [4.69, 9.17) is 9.47 Å². The zero-order chi connectivity index (χ0) is 12.4. The topological polar surface area (TPSA) is 55.8 Å². The van der Waals surface area contributed by atoms with Crippen LogP contribution in [0.4, 0.5) is 0 Å². The fourth-order valence-electron chi connectivity index (χ4n) is 1.87. The summed E-state index contributed by atoms with van der Waals surface area (Å²) in [6.45, 7) is 0. The highest BCUT2D eigenvalue weighted by atomic mass is 16.5. The van der Waals surface area contributed by atoms with Gasteiger partial charge in [-0.3, -0.25) is 0 Å². The standard InChI is InChI=1S/C13H12O4/c1-16-10-7-6-9(13(14)15)12-8(10)4-3-5-11(12)17-2/h3-7H,1-2H3,(H,14,15). The largest absolute Gasteiger partial charge is 0.496 e. The first-order valence-corrected chi connectivity index (χ1v) is 5.06. The van der Waals surface area contributed by atoms with Crippen molar-refractivity contribution < 1.29 is 19.4 Å². The van der Waals surface area contributed by atoms with Crippen LogP contribution in [0.2, 0.25) is 0 Å². The van der Waals surface area contributed by atoms with Crippen LogP contribution in [0.1, 0.15) is 10.4 Å². The molecule has 0 atom stereocenters. The van der Waals surface area contributed by atoms with Crippen molar-refractivity contribution >= 4 is 16.7 Å². The molecule has 17 heavy (non-hydrogen) atoms. The number of carboxylic acid groups (broad SMARTS) is 1. The summed E-state index contributed by atoms with van der Waals surface area (Å²) in [5.41, 5.74) is 0.207. The molecule has 88 valence electrons. The highest BCUT2D eigenvalue weighted by molar-refractivity contribution is 6.08. The average Bonchev–Trinajstić information content (AvgIpc) is 2.36. The third-order valence-corrected chi connectivity index (χ3v) is 2.63. The molecule has 2 aromatic rings. The number of ether oxygens (including phenoxy) is 2. The van der Waals surface area contributed by atoms with Gasteiger partial charge in [-0.1, -0.05) is 12.1 Å². The van der Waals surface area contributed by atoms with Crippen LogP contribution in [0.15, 0.2) is 30.3 Å². The maximum absolute atomic E-state index is 11.2. The second-order valence-corrected chi connectivity index (χ2v) is 3.50. The second kappa shape index (κ2) is 4.33. The zero-order valence-corrected chi connectivity index (χ0v) is 9.56. The van der Waals surface area contributed by atoms with E-state index >= 15 is 0 Å². The Kier molecular flexibility index (Phi) is 2.87. The third-order valence-electron chi connectivity index (χ3n) is 2.63. The lowest BCUT2D eigenvalue weighted by molar-refractivity contribution is 0.0699. The lowest BCUT2D eigenvalue weighted by atomic mass is 10.0. The van der Waals surface area contributed by atoms with Crippen molar-refractivity contribution in [2.75, 3.05) is 14.2 Å². The fraction of sp³-hybridized carbons (Fsp3) is 0.154. The van der Waals surface area contributed by atoms with Crippen molar-refractivity contribution in [1.82, 2.24) is 0 Å². The molecule has 0 aliphatic carbocycles. The first kappa shape index (κ1) is 11.3. The number of fused-ring (bicyclic) bond motifs is 1. The molecule has 0 aliphatic heterocycles. The van der Waals surface area contributed by atoms with E-state index in [1.807, 2.05) is 6.07 Å². The lowest BCUT2D eigenvalue weighted by Crippen LogP contribution is -2.00. The third kappa shape index (κ3) is 1.78. The van der Waals surface area contributed by atoms with Gasteiger partial charge in [0.15, 0.2) is 0 Å². The minimum absolute atomic E-state index is 0.207. The number of methoxy groups -OCH3 is 2. The molecule has 0 saturated carbocycles. The molecule has 0 amide bonds. The highest BCUT2D eigenvalue weighted by Crippen LogP contribution is 2.34. The summed E-state index contributed by atoms with van der Waals surface area (Å²) in [6, 6.07) is 8.50. The van der Waals surface area contributed by atoms with Gasteiger partial charge < -0.3 is 14.6 Å². The molecular formula is C13H12O4. The summed E-state index contributed by atoms with van der Waals surface area (Å²) in [5, 5.41) is 10.5. The number of benzene rings is 2. The van der Waals surface area contributed by atoms with Gasteiger partial charge in [-0.2, -0.15) is 0 Å². The normalized spacial score (nSPS) is 10.2. The molecule has 0 aromatic heterocycles. The van der Waals surface area contributed by atoms with Crippen molar-refractivity contribution in [2.45, 2.75) is 0 Å². The zero-order valence-electron chi connectivity index (χ0n) is 9.56. The van der Waals surface area contributed by atoms with Crippen LogP contribution < -0.4 is 9.47 Å². The number of carboxylic acids is 1. The van der Waals surface area contributed by atoms with E-state index in [1.165, 1.54) is 13.2 Å². The van der Waals surface area contributed by atoms with Gasteiger partial charge in [-0.05, 0) is 18.2 Å². The molecule has 0 heterocycles. The lowest BCUT2D eigenvalue weighted by Gasteiger charge is -2.11. The minimum Gasteiger partial charge on any atom is -0.496 e. The van der Waals surface area contributed by atoms with Crippen LogP contribution in [0, 0.1) is 0 Å². The molecule has 4 heteroatoms. The van der Waals surface area contributed by atoms with Crippen LogP contribution in [0.25, 0.3) is 10.8 Å². The Morgan fingerprint density at radius 2 is 1.76 bits per heavy atom. The summed E-state index contributed by atoms with van der Waals surface area (Å²) in [7, 11) is 3.06. The monoisotopic (exact) mass is 232 g/mol. The molecule has 0 fully saturated rings. The van der Waals surface area contributed by atoms with Crippen molar-refractivity contribution in [1.29, 1.82) is 0 Å². The maximum Gasteiger partial charge on any atom is 0.336 e. The summed E-state index contributed by atoms with van der Waals surface area (Å²) in [6.07, 6.45) is 0. The molecule has 0 saturated heterocycles. The molecule has 0 aliphatic rings. The number of rotatable bonds is 3. The molecule has 4 nitrogen and oxygen atoms in total. The molecule has 1 N–H and O–H groups in total. The first-order chi connectivity index (χ1) is 8.19. The highest BCUT2D eigenvalue weighted by Gasteiger charge is 2.15. The smallest absolute Gasteiger partial charge is 0.336 e. The van der Waals surface area contributed by atoms with Crippen molar-refractivity contribution in [3.05, 3.63) is 35.9 Å². The van der Waals surface area contributed by atoms with Crippen LogP contribution >= 0.6 is 0 Å². The van der Waals surface area contributed by atoms with Crippen LogP contribution in [-0.2, 0) is 0 Å².